The first-order valence-electron chi connectivity index (χ1n) is 44.9. The van der Waals surface area contributed by atoms with Crippen LogP contribution in [0.1, 0.15) is 132 Å². The summed E-state index contributed by atoms with van der Waals surface area (Å²) in [6, 6.07) is 31.0. The number of carbonyl (C=O) groups excluding carboxylic acids is 16. The summed E-state index contributed by atoms with van der Waals surface area (Å²) in [5.74, 6) is -15.8. The number of H-pyrrole nitrogens is 1. The molecule has 33 heteroatoms. The van der Waals surface area contributed by atoms with Crippen LogP contribution in [0.2, 0.25) is 0 Å². The number of benzene rings is 6. The first-order chi connectivity index (χ1) is 63.0. The van der Waals surface area contributed by atoms with Crippen LogP contribution in [-0.2, 0) is 120 Å². The third-order valence-electron chi connectivity index (χ3n) is 24.7. The van der Waals surface area contributed by atoms with E-state index in [1.54, 1.807) is 156 Å². The number of ether oxygens (including phenoxy) is 1. The Morgan fingerprint density at radius 3 is 1.63 bits per heavy atom. The van der Waals surface area contributed by atoms with Crippen LogP contribution in [0.5, 0.6) is 11.5 Å². The standard InChI is InChI=1S/C99H125N13O19S/c1-11-12-33-82-97(128)108(6)56-72(116)52-69(57-131-60-113)87(118)54-74(62(4)5)95(126)110(8)83(50-64-27-18-14-19-28-64)93(124)106-80(49-67-37-41-71(115)42-38-67)99(130)112(10)45-24-34-85(112)94(125)105-78(53-68-55-101-75-32-23-22-31-73(68)75)92(123)104-77(47-66-35-39-70(114)40-36-66)91(122)103-76(46-61(2)3)90(121)107-81(86(117)43-44-88(100)119)58-132-59-89(120)102-79(48-63-25-16-13-17-26-63)96(127)111(9)84(98(129)109(82)7)51-65-29-20-15-21-30-65/h13-23,25-32,35-42,55,60-62,69,74,76-85,101H,11-12,24,33-34,43-54,56-59H2,1-10H3,(H9-,100,102,103,104,105,106,107,114,115,119,120,121,122,123,124,125)/p+1/t69-,74-,76-,77-,78-,79-,80-,81-,82-,83-,84-,85-,112?/m0/s1. The van der Waals surface area contributed by atoms with E-state index in [-0.39, 0.29) is 100 Å². The van der Waals surface area contributed by atoms with Crippen LogP contribution in [0.15, 0.2) is 170 Å². The third kappa shape index (κ3) is 29.0. The number of aromatic nitrogens is 1. The fraction of sp³-hybridized carbons (Fsp3) is 0.455. The summed E-state index contributed by atoms with van der Waals surface area (Å²) in [5, 5.41) is 38.9. The predicted molar refractivity (Wildman–Crippen MR) is 497 cm³/mol. The number of aromatic hydroxyl groups is 2. The van der Waals surface area contributed by atoms with Gasteiger partial charge in [0.2, 0.25) is 59.1 Å². The Bertz CT molecular complexity index is 5180. The summed E-state index contributed by atoms with van der Waals surface area (Å²) in [6.07, 6.45) is -0.00747. The maximum atomic E-state index is 16.1. The molecule has 9 rings (SSSR count). The fourth-order valence-corrected chi connectivity index (χ4v) is 18.0. The molecule has 0 aliphatic carbocycles. The molecular formula is C99H126N13O19S+. The van der Waals surface area contributed by atoms with Gasteiger partial charge >= 0.3 is 5.91 Å². The summed E-state index contributed by atoms with van der Waals surface area (Å²) in [6.45, 7) is 7.75. The minimum absolute atomic E-state index is 0.0402. The molecule has 2 saturated heterocycles. The molecule has 2 aliphatic heterocycles. The summed E-state index contributed by atoms with van der Waals surface area (Å²) in [5.41, 5.74) is 9.49. The van der Waals surface area contributed by atoms with Gasteiger partial charge in [-0.15, -0.1) is 11.8 Å². The van der Waals surface area contributed by atoms with Crippen LogP contribution in [0, 0.1) is 23.7 Å². The number of amides is 12. The first-order valence-corrected chi connectivity index (χ1v) is 46.1. The molecule has 2 aliphatic rings. The minimum Gasteiger partial charge on any atom is -0.508 e. The zero-order valence-electron chi connectivity index (χ0n) is 76.7. The average Bonchev–Trinajstić information content (AvgIpc) is 1.59. The molecule has 6 aromatic carbocycles. The van der Waals surface area contributed by atoms with Crippen molar-refractivity contribution in [3.63, 3.8) is 0 Å². The molecule has 13 atom stereocenters. The molecule has 0 bridgehead atoms. The summed E-state index contributed by atoms with van der Waals surface area (Å²) < 4.78 is 4.54. The van der Waals surface area contributed by atoms with Gasteiger partial charge in [-0.25, -0.2) is 4.79 Å². The molecule has 0 saturated carbocycles. The zero-order valence-corrected chi connectivity index (χ0v) is 77.5. The quantitative estimate of drug-likeness (QED) is 0.0228. The van der Waals surface area contributed by atoms with E-state index < -0.39 is 215 Å². The number of nitrogens with zero attached hydrogens (tertiary/aromatic N) is 5. The predicted octanol–water partition coefficient (Wildman–Crippen LogP) is 6.12. The number of quaternary nitrogens is 1. The lowest BCUT2D eigenvalue weighted by molar-refractivity contribution is -0.838. The van der Waals surface area contributed by atoms with Gasteiger partial charge in [0, 0.05) is 134 Å². The lowest BCUT2D eigenvalue weighted by atomic mass is 9.84. The van der Waals surface area contributed by atoms with Crippen molar-refractivity contribution in [2.45, 2.75) is 198 Å². The summed E-state index contributed by atoms with van der Waals surface area (Å²) >= 11 is 0.888. The molecule has 11 N–H and O–H groups in total. The summed E-state index contributed by atoms with van der Waals surface area (Å²) in [7, 11) is 7.12. The number of aromatic amines is 1. The van der Waals surface area contributed by atoms with E-state index in [1.807, 2.05) is 19.1 Å². The SMILES string of the molecule is CCCC[C@H]1C(=O)N(C)CC(=O)C[C@@H](COC=O)C(=O)C[C@@H](C(C)C)C(=O)N(C)[C@@H](Cc2ccccc2)C(=O)N[C@@H](Cc2ccc(O)cc2)C(=O)[N+]2(C)CCC[C@H]2C(=O)N[C@@H](Cc2c[nH]c3ccccc23)C(=O)N[C@@H](Cc2ccc(O)cc2)C(=O)N[C@@H](CC(C)C)C(=O)N[C@H](C(=O)CCC(N)=O)CSCC(=O)N[C@@H](Cc2ccccc2)C(=O)N(C)[C@@H](Cc2ccccc2)C(=O)N1C. The van der Waals surface area contributed by atoms with Crippen molar-refractivity contribution in [3.8, 4) is 11.5 Å². The molecule has 0 spiro atoms. The fourth-order valence-electron chi connectivity index (χ4n) is 17.1. The number of phenols is 2. The maximum absolute atomic E-state index is 16.1. The van der Waals surface area contributed by atoms with E-state index in [2.05, 4.69) is 36.9 Å². The highest BCUT2D eigenvalue weighted by atomic mass is 32.2. The topological polar surface area (TPSA) is 450 Å². The molecule has 706 valence electrons. The van der Waals surface area contributed by atoms with Crippen LogP contribution in [0.25, 0.3) is 10.9 Å². The van der Waals surface area contributed by atoms with E-state index >= 15 is 47.9 Å². The second kappa shape index (κ2) is 49.4. The Labute approximate surface area is 774 Å². The van der Waals surface area contributed by atoms with Gasteiger partial charge in [-0.1, -0.05) is 181 Å². The number of Topliss-reactive ketones (excluding diaryl/α,β-unsaturated/α-hetero) is 3. The van der Waals surface area contributed by atoms with Gasteiger partial charge in [-0.05, 0) is 88.4 Å². The number of thioether (sulfide) groups is 1. The first kappa shape index (κ1) is 103. The van der Waals surface area contributed by atoms with Crippen molar-refractivity contribution in [1.29, 1.82) is 0 Å². The van der Waals surface area contributed by atoms with Crippen LogP contribution < -0.4 is 37.6 Å². The largest absolute Gasteiger partial charge is 0.508 e. The monoisotopic (exact) mass is 1830 g/mol. The van der Waals surface area contributed by atoms with E-state index in [0.717, 1.165) is 16.7 Å². The number of ketones is 3. The number of primary amides is 1. The lowest BCUT2D eigenvalue weighted by Crippen LogP contribution is -2.66. The smallest absolute Gasteiger partial charge is 0.336 e. The number of rotatable bonds is 25. The van der Waals surface area contributed by atoms with Gasteiger partial charge in [0.25, 0.3) is 12.4 Å². The Morgan fingerprint density at radius 2 is 1.05 bits per heavy atom. The molecular weight excluding hydrogens is 1710 g/mol. The number of fused-ring (bicyclic) bond motifs is 2. The molecule has 1 unspecified atom stereocenters. The summed E-state index contributed by atoms with van der Waals surface area (Å²) in [4.78, 5) is 246. The second-order valence-corrected chi connectivity index (χ2v) is 36.5. The van der Waals surface area contributed by atoms with Crippen molar-refractivity contribution in [2.75, 3.05) is 66.4 Å². The molecule has 2 fully saturated rings. The number of nitrogens with two attached hydrogens (primary N) is 1. The molecule has 7 aromatic rings. The number of para-hydroxylation sites is 1. The minimum atomic E-state index is -1.57. The third-order valence-corrected chi connectivity index (χ3v) is 25.8. The maximum Gasteiger partial charge on any atom is 0.336 e. The van der Waals surface area contributed by atoms with Crippen molar-refractivity contribution in [2.24, 2.45) is 29.4 Å². The van der Waals surface area contributed by atoms with Crippen molar-refractivity contribution >= 4 is 117 Å². The molecule has 32 nitrogen and oxygen atoms in total. The number of carbonyl (C=O) groups is 16. The second-order valence-electron chi connectivity index (χ2n) is 35.5. The van der Waals surface area contributed by atoms with Gasteiger partial charge in [0.05, 0.1) is 37.8 Å². The molecule has 3 heterocycles. The number of hydrogen-bond donors (Lipinski definition) is 10. The van der Waals surface area contributed by atoms with E-state index in [0.29, 0.717) is 57.1 Å². The van der Waals surface area contributed by atoms with Gasteiger partial charge in [-0.3, -0.25) is 76.4 Å². The molecule has 12 amide bonds. The van der Waals surface area contributed by atoms with Crippen molar-refractivity contribution in [3.05, 3.63) is 203 Å². The van der Waals surface area contributed by atoms with Crippen molar-refractivity contribution < 1.29 is 96.1 Å². The Balaban J connectivity index is 1.13. The number of unbranched alkanes of at least 4 members (excludes halogenated alkanes) is 1. The number of likely N-dealkylation sites (N-methyl/N-ethyl adjacent to an activating group) is 5. The van der Waals surface area contributed by atoms with Crippen LogP contribution in [0.4, 0.5) is 0 Å². The molecule has 132 heavy (non-hydrogen) atoms. The number of nitrogens with one attached hydrogen (secondary N) is 7. The van der Waals surface area contributed by atoms with Crippen molar-refractivity contribution in [1.82, 2.24) is 56.5 Å². The number of hydrogen-bond acceptors (Lipinski definition) is 20. The van der Waals surface area contributed by atoms with E-state index in [9.17, 15) is 39.0 Å². The van der Waals surface area contributed by atoms with E-state index in [4.69, 9.17) is 10.5 Å². The van der Waals surface area contributed by atoms with Gasteiger partial charge in [0.15, 0.2) is 17.6 Å². The molecule has 0 radical (unpaired) electrons. The zero-order chi connectivity index (χ0) is 96.0. The normalized spacial score (nSPS) is 23.9. The Hall–Kier alpha value is -12.9. The highest BCUT2D eigenvalue weighted by Crippen LogP contribution is 2.32. The lowest BCUT2D eigenvalue weighted by Gasteiger charge is -2.37. The van der Waals surface area contributed by atoms with Crippen LogP contribution >= 0.6 is 11.8 Å². The van der Waals surface area contributed by atoms with Gasteiger partial charge < -0.3 is 77.2 Å². The van der Waals surface area contributed by atoms with Crippen LogP contribution in [-0.4, -0.2) is 261 Å². The number of phenolic OH excluding ortho intramolecular Hbond substituents is 2. The molecule has 1 aromatic heterocycles. The average molecular weight is 1830 g/mol. The highest BCUT2D eigenvalue weighted by molar-refractivity contribution is 8.00. The Kier molecular flexibility index (Phi) is 38.5. The van der Waals surface area contributed by atoms with Crippen LogP contribution in [0.3, 0.4) is 0 Å². The highest BCUT2D eigenvalue weighted by Gasteiger charge is 2.53. The van der Waals surface area contributed by atoms with Gasteiger partial charge in [-0.2, -0.15) is 0 Å². The van der Waals surface area contributed by atoms with E-state index in [1.165, 1.54) is 79.3 Å². The van der Waals surface area contributed by atoms with Gasteiger partial charge in [0.1, 0.15) is 72.2 Å². The Morgan fingerprint density at radius 1 is 0.545 bits per heavy atom.